The van der Waals surface area contributed by atoms with Gasteiger partial charge in [-0.05, 0) is 67.3 Å². The first-order valence-corrected chi connectivity index (χ1v) is 10.2. The number of ether oxygens (including phenoxy) is 1. The van der Waals surface area contributed by atoms with Crippen LogP contribution in [-0.4, -0.2) is 43.4 Å². The third-order valence-electron chi connectivity index (χ3n) is 5.21. The topological polar surface area (TPSA) is 86.9 Å². The molecule has 0 saturated carbocycles. The largest absolute Gasteiger partial charge is 0.407 e. The number of rotatable bonds is 5. The second-order valence-corrected chi connectivity index (χ2v) is 7.36. The lowest BCUT2D eigenvalue weighted by atomic mass is 10.1. The third kappa shape index (κ3) is 4.85. The molecule has 8 nitrogen and oxygen atoms in total. The highest BCUT2D eigenvalue weighted by Gasteiger charge is 2.29. The number of likely N-dealkylation sites (N-methyl/N-ethyl adjacent to an activating group) is 1. The van der Waals surface area contributed by atoms with Gasteiger partial charge in [0.2, 0.25) is 0 Å². The maximum atomic E-state index is 12.2. The molecule has 31 heavy (non-hydrogen) atoms. The molecule has 158 valence electrons. The molecule has 0 atom stereocenters. The quantitative estimate of drug-likeness (QED) is 0.409. The van der Waals surface area contributed by atoms with Gasteiger partial charge in [-0.15, -0.1) is 5.10 Å². The van der Waals surface area contributed by atoms with Gasteiger partial charge in [-0.2, -0.15) is 10.2 Å². The van der Waals surface area contributed by atoms with Gasteiger partial charge in [-0.3, -0.25) is 9.59 Å². The summed E-state index contributed by atoms with van der Waals surface area (Å²) in [5.41, 5.74) is 3.68. The van der Waals surface area contributed by atoms with Crippen LogP contribution < -0.4 is 4.90 Å². The van der Waals surface area contributed by atoms with Crippen LogP contribution in [0.15, 0.2) is 69.4 Å². The number of hydrogen-bond donors (Lipinski definition) is 0. The lowest BCUT2D eigenvalue weighted by molar-refractivity contribution is -0.124. The molecule has 2 aromatic carbocycles. The highest BCUT2D eigenvalue weighted by Crippen LogP contribution is 2.25. The maximum absolute atomic E-state index is 12.2. The van der Waals surface area contributed by atoms with Crippen LogP contribution in [0.1, 0.15) is 24.8 Å². The fraction of sp³-hybridized carbons (Fsp3) is 0.261. The molecule has 0 unspecified atom stereocenters. The summed E-state index contributed by atoms with van der Waals surface area (Å²) in [6, 6.07) is 15.4. The van der Waals surface area contributed by atoms with E-state index in [1.807, 2.05) is 24.3 Å². The van der Waals surface area contributed by atoms with Gasteiger partial charge in [0.25, 0.3) is 18.3 Å². The Hall–Kier alpha value is -3.81. The molecule has 0 aliphatic carbocycles. The minimum atomic E-state index is -0.339. The van der Waals surface area contributed by atoms with Crippen molar-refractivity contribution in [1.82, 2.24) is 5.01 Å². The Morgan fingerprint density at radius 1 is 0.935 bits per heavy atom. The summed E-state index contributed by atoms with van der Waals surface area (Å²) in [5.74, 6) is -0.354. The summed E-state index contributed by atoms with van der Waals surface area (Å²) in [6.07, 6.45) is 5.43. The summed E-state index contributed by atoms with van der Waals surface area (Å²) < 4.78 is 4.79. The van der Waals surface area contributed by atoms with E-state index < -0.39 is 0 Å². The number of piperidine rings is 1. The first-order chi connectivity index (χ1) is 15.1. The Labute approximate surface area is 180 Å². The van der Waals surface area contributed by atoms with Crippen molar-refractivity contribution in [2.75, 3.05) is 25.0 Å². The van der Waals surface area contributed by atoms with E-state index in [2.05, 4.69) is 32.4 Å². The Kier molecular flexibility index (Phi) is 6.16. The predicted molar refractivity (Wildman–Crippen MR) is 118 cm³/mol. The minimum absolute atomic E-state index is 0.0146. The number of carbonyl (C=O) groups excluding carboxylic acids is 2. The molecule has 0 spiro atoms. The zero-order valence-corrected chi connectivity index (χ0v) is 17.3. The van der Waals surface area contributed by atoms with Crippen molar-refractivity contribution in [1.29, 1.82) is 0 Å². The second kappa shape index (κ2) is 9.34. The van der Waals surface area contributed by atoms with Crippen molar-refractivity contribution in [3.05, 3.63) is 59.7 Å². The van der Waals surface area contributed by atoms with Gasteiger partial charge in [-0.25, -0.2) is 5.01 Å². The fourth-order valence-corrected chi connectivity index (χ4v) is 3.56. The van der Waals surface area contributed by atoms with Crippen LogP contribution in [0.4, 0.5) is 17.1 Å². The Bertz CT molecular complexity index is 1040. The average molecular weight is 417 g/mol. The van der Waals surface area contributed by atoms with E-state index in [1.54, 1.807) is 18.2 Å². The molecule has 4 rings (SSSR count). The number of benzene rings is 2. The van der Waals surface area contributed by atoms with Crippen molar-refractivity contribution >= 4 is 41.4 Å². The zero-order valence-electron chi connectivity index (χ0n) is 17.3. The molecule has 1 fully saturated rings. The van der Waals surface area contributed by atoms with Crippen LogP contribution in [0.25, 0.3) is 6.08 Å². The summed E-state index contributed by atoms with van der Waals surface area (Å²) in [4.78, 5) is 25.2. The van der Waals surface area contributed by atoms with Crippen molar-refractivity contribution in [3.63, 3.8) is 0 Å². The first kappa shape index (κ1) is 20.5. The van der Waals surface area contributed by atoms with Crippen LogP contribution in [0, 0.1) is 0 Å². The molecule has 0 aromatic heterocycles. The molecule has 2 aromatic rings. The van der Waals surface area contributed by atoms with Crippen LogP contribution in [0.3, 0.4) is 0 Å². The molecule has 0 N–H and O–H groups in total. The minimum Gasteiger partial charge on any atom is -0.407 e. The smallest absolute Gasteiger partial charge is 0.299 e. The summed E-state index contributed by atoms with van der Waals surface area (Å²) in [6.45, 7) is 2.47. The zero-order chi connectivity index (χ0) is 21.6. The highest BCUT2D eigenvalue weighted by molar-refractivity contribution is 6.25. The normalized spacial score (nSPS) is 18.0. The van der Waals surface area contributed by atoms with E-state index in [9.17, 15) is 9.59 Å². The Morgan fingerprint density at radius 3 is 2.16 bits per heavy atom. The lowest BCUT2D eigenvalue weighted by Gasteiger charge is -2.28. The molecular weight excluding hydrogens is 394 g/mol. The number of hydrogen-bond acceptors (Lipinski definition) is 7. The van der Waals surface area contributed by atoms with Crippen molar-refractivity contribution in [2.24, 2.45) is 15.3 Å². The maximum Gasteiger partial charge on any atom is 0.299 e. The Balaban J connectivity index is 1.42. The van der Waals surface area contributed by atoms with Gasteiger partial charge < -0.3 is 9.64 Å². The van der Waals surface area contributed by atoms with E-state index in [0.29, 0.717) is 5.69 Å². The van der Waals surface area contributed by atoms with Crippen LogP contribution in [-0.2, 0) is 14.3 Å². The highest BCUT2D eigenvalue weighted by atomic mass is 16.5. The molecule has 0 bridgehead atoms. The lowest BCUT2D eigenvalue weighted by Crippen LogP contribution is -2.29. The van der Waals surface area contributed by atoms with Gasteiger partial charge in [0.15, 0.2) is 0 Å². The molecular formula is C23H23N5O3. The van der Waals surface area contributed by atoms with E-state index in [4.69, 9.17) is 4.74 Å². The van der Waals surface area contributed by atoms with Crippen molar-refractivity contribution < 1.29 is 14.3 Å². The summed E-state index contributed by atoms with van der Waals surface area (Å²) in [5, 5.41) is 13.6. The van der Waals surface area contributed by atoms with Gasteiger partial charge in [0, 0.05) is 25.8 Å². The van der Waals surface area contributed by atoms with Crippen LogP contribution in [0.2, 0.25) is 0 Å². The molecule has 2 heterocycles. The molecule has 2 aliphatic rings. The van der Waals surface area contributed by atoms with E-state index in [0.717, 1.165) is 29.3 Å². The second-order valence-electron chi connectivity index (χ2n) is 7.36. The van der Waals surface area contributed by atoms with Gasteiger partial charge in [-0.1, -0.05) is 12.1 Å². The number of amides is 1. The van der Waals surface area contributed by atoms with Crippen LogP contribution >= 0.6 is 0 Å². The molecule has 1 amide bonds. The number of azo groups is 1. The van der Waals surface area contributed by atoms with Crippen molar-refractivity contribution in [3.8, 4) is 0 Å². The number of nitrogens with zero attached hydrogens (tertiary/aromatic N) is 5. The summed E-state index contributed by atoms with van der Waals surface area (Å²) in [7, 11) is 1.50. The standard InChI is InChI=1S/C23H23N5O3/c1-27-23(30)21(22(26-27)31-16-29)15-17-5-7-18(8-6-17)24-25-19-9-11-20(12-10-19)28-13-3-2-4-14-28/h5-12,15-16H,2-4,13-14H2,1H3. The van der Waals surface area contributed by atoms with Crippen LogP contribution in [0.5, 0.6) is 0 Å². The van der Waals surface area contributed by atoms with Crippen molar-refractivity contribution in [2.45, 2.75) is 19.3 Å². The molecule has 1 saturated heterocycles. The average Bonchev–Trinajstić information content (AvgIpc) is 3.07. The molecule has 0 radical (unpaired) electrons. The van der Waals surface area contributed by atoms with E-state index >= 15 is 0 Å². The predicted octanol–water partition coefficient (Wildman–Crippen LogP) is 4.43. The number of hydrazone groups is 1. The summed E-state index contributed by atoms with van der Waals surface area (Å²) >= 11 is 0. The van der Waals surface area contributed by atoms with Gasteiger partial charge in [0.1, 0.15) is 5.57 Å². The van der Waals surface area contributed by atoms with Gasteiger partial charge >= 0.3 is 0 Å². The van der Waals surface area contributed by atoms with E-state index in [1.165, 1.54) is 32.0 Å². The SMILES string of the molecule is CN1N=C(OC=O)C(=Cc2ccc(N=Nc3ccc(N4CCCCC4)cc3)cc2)C1=O. The Morgan fingerprint density at radius 2 is 1.55 bits per heavy atom. The number of carbonyl (C=O) groups is 2. The monoisotopic (exact) mass is 417 g/mol. The third-order valence-corrected chi connectivity index (χ3v) is 5.21. The fourth-order valence-electron chi connectivity index (χ4n) is 3.56. The number of anilines is 1. The molecule has 8 heteroatoms. The van der Waals surface area contributed by atoms with E-state index in [-0.39, 0.29) is 23.9 Å². The first-order valence-electron chi connectivity index (χ1n) is 10.2. The molecule has 2 aliphatic heterocycles. The van der Waals surface area contributed by atoms with Gasteiger partial charge in [0.05, 0.1) is 11.4 Å².